The van der Waals surface area contributed by atoms with Gasteiger partial charge in [-0.25, -0.2) is 4.98 Å². The van der Waals surface area contributed by atoms with E-state index in [0.29, 0.717) is 11.4 Å². The van der Waals surface area contributed by atoms with Crippen molar-refractivity contribution in [1.29, 1.82) is 0 Å². The molecule has 0 spiro atoms. The number of aromatic nitrogens is 1. The smallest absolute Gasteiger partial charge is 0.264 e. The molecular formula is C11H9ClN2O2. The zero-order valence-electron chi connectivity index (χ0n) is 8.55. The first kappa shape index (κ1) is 10.7. The molecule has 0 aromatic carbocycles. The molecule has 0 atom stereocenters. The summed E-state index contributed by atoms with van der Waals surface area (Å²) in [5.41, 5.74) is 0.329. The minimum absolute atomic E-state index is 0.0905. The third-order valence-corrected chi connectivity index (χ3v) is 2.44. The number of hydrogen-bond donors (Lipinski definition) is 0. The second-order valence-electron chi connectivity index (χ2n) is 3.16. The van der Waals surface area contributed by atoms with E-state index in [-0.39, 0.29) is 11.1 Å². The lowest BCUT2D eigenvalue weighted by molar-refractivity contribution is 0.0992. The van der Waals surface area contributed by atoms with Crippen molar-refractivity contribution in [3.63, 3.8) is 0 Å². The number of pyridine rings is 1. The summed E-state index contributed by atoms with van der Waals surface area (Å²) in [6, 6.07) is 6.87. The number of hydrogen-bond acceptors (Lipinski definition) is 3. The van der Waals surface area contributed by atoms with Crippen LogP contribution in [-0.2, 0) is 0 Å². The van der Waals surface area contributed by atoms with Crippen LogP contribution in [0.4, 0.5) is 5.82 Å². The highest BCUT2D eigenvalue weighted by molar-refractivity contribution is 6.32. The number of carbonyl (C=O) groups is 1. The molecule has 0 fully saturated rings. The van der Waals surface area contributed by atoms with Crippen LogP contribution in [-0.4, -0.2) is 17.9 Å². The first-order chi connectivity index (χ1) is 7.70. The number of halogens is 1. The monoisotopic (exact) mass is 236 g/mol. The largest absolute Gasteiger partial charge is 0.452 e. The number of nitrogens with zero attached hydrogens (tertiary/aromatic N) is 2. The molecule has 0 unspecified atom stereocenters. The lowest BCUT2D eigenvalue weighted by Gasteiger charge is -2.14. The standard InChI is InChI=1S/C11H9ClN2O2/c1-14(9-4-2-3-6-13-9)11(15)8-5-7-16-10(8)12/h2-7H,1H3. The van der Waals surface area contributed by atoms with Crippen LogP contribution in [0.15, 0.2) is 41.1 Å². The Labute approximate surface area is 97.5 Å². The van der Waals surface area contributed by atoms with Gasteiger partial charge in [0.15, 0.2) is 0 Å². The van der Waals surface area contributed by atoms with Gasteiger partial charge < -0.3 is 4.42 Å². The second kappa shape index (κ2) is 4.37. The van der Waals surface area contributed by atoms with E-state index in [9.17, 15) is 4.79 Å². The SMILES string of the molecule is CN(C(=O)c1ccoc1Cl)c1ccccn1. The second-order valence-corrected chi connectivity index (χ2v) is 3.50. The summed E-state index contributed by atoms with van der Waals surface area (Å²) in [4.78, 5) is 17.5. The molecule has 0 saturated heterocycles. The van der Waals surface area contributed by atoms with Gasteiger partial charge in [-0.1, -0.05) is 6.07 Å². The van der Waals surface area contributed by atoms with Crippen LogP contribution in [0.3, 0.4) is 0 Å². The predicted molar refractivity (Wildman–Crippen MR) is 60.7 cm³/mol. The summed E-state index contributed by atoms with van der Waals surface area (Å²) in [5.74, 6) is 0.308. The maximum atomic E-state index is 12.0. The Morgan fingerprint density at radius 1 is 1.44 bits per heavy atom. The Balaban J connectivity index is 2.27. The van der Waals surface area contributed by atoms with E-state index in [1.165, 1.54) is 17.2 Å². The molecule has 4 nitrogen and oxygen atoms in total. The molecule has 16 heavy (non-hydrogen) atoms. The van der Waals surface area contributed by atoms with E-state index in [1.807, 2.05) is 6.07 Å². The van der Waals surface area contributed by atoms with Gasteiger partial charge in [0.1, 0.15) is 5.82 Å². The Bertz CT molecular complexity index is 496. The van der Waals surface area contributed by atoms with Crippen LogP contribution >= 0.6 is 11.6 Å². The Morgan fingerprint density at radius 2 is 2.25 bits per heavy atom. The summed E-state index contributed by atoms with van der Waals surface area (Å²) >= 11 is 5.73. The molecule has 0 aliphatic heterocycles. The van der Waals surface area contributed by atoms with Crippen molar-refractivity contribution in [2.24, 2.45) is 0 Å². The first-order valence-electron chi connectivity index (χ1n) is 4.62. The maximum Gasteiger partial charge on any atom is 0.264 e. The van der Waals surface area contributed by atoms with Crippen molar-refractivity contribution in [3.8, 4) is 0 Å². The van der Waals surface area contributed by atoms with Crippen molar-refractivity contribution in [3.05, 3.63) is 47.5 Å². The predicted octanol–water partition coefficient (Wildman–Crippen LogP) is 2.60. The zero-order chi connectivity index (χ0) is 11.5. The molecule has 1 amide bonds. The molecule has 2 rings (SSSR count). The normalized spacial score (nSPS) is 10.1. The van der Waals surface area contributed by atoms with Crippen LogP contribution in [0.1, 0.15) is 10.4 Å². The number of carbonyl (C=O) groups excluding carboxylic acids is 1. The summed E-state index contributed by atoms with van der Waals surface area (Å²) in [5, 5.41) is 0.0905. The van der Waals surface area contributed by atoms with Gasteiger partial charge in [-0.15, -0.1) is 0 Å². The van der Waals surface area contributed by atoms with E-state index < -0.39 is 0 Å². The van der Waals surface area contributed by atoms with Gasteiger partial charge in [-0.05, 0) is 29.8 Å². The summed E-state index contributed by atoms with van der Waals surface area (Å²) in [6.45, 7) is 0. The van der Waals surface area contributed by atoms with Crippen LogP contribution in [0.5, 0.6) is 0 Å². The highest BCUT2D eigenvalue weighted by Gasteiger charge is 2.18. The van der Waals surface area contributed by atoms with E-state index in [1.54, 1.807) is 25.4 Å². The average Bonchev–Trinajstić information content (AvgIpc) is 2.75. The highest BCUT2D eigenvalue weighted by atomic mass is 35.5. The molecule has 82 valence electrons. The average molecular weight is 237 g/mol. The van der Waals surface area contributed by atoms with Gasteiger partial charge in [0, 0.05) is 13.2 Å². The van der Waals surface area contributed by atoms with Gasteiger partial charge >= 0.3 is 0 Å². The van der Waals surface area contributed by atoms with E-state index in [4.69, 9.17) is 16.0 Å². The van der Waals surface area contributed by atoms with Gasteiger partial charge in [-0.3, -0.25) is 9.69 Å². The minimum atomic E-state index is -0.252. The quantitative estimate of drug-likeness (QED) is 0.805. The molecule has 2 heterocycles. The summed E-state index contributed by atoms with van der Waals surface area (Å²) in [7, 11) is 1.63. The molecule has 2 aromatic heterocycles. The molecular weight excluding hydrogens is 228 g/mol. The molecule has 0 saturated carbocycles. The Morgan fingerprint density at radius 3 is 2.81 bits per heavy atom. The van der Waals surface area contributed by atoms with Crippen LogP contribution in [0.2, 0.25) is 5.22 Å². The fraction of sp³-hybridized carbons (Fsp3) is 0.0909. The molecule has 2 aromatic rings. The third-order valence-electron chi connectivity index (χ3n) is 2.15. The van der Waals surface area contributed by atoms with E-state index in [0.717, 1.165) is 0 Å². The first-order valence-corrected chi connectivity index (χ1v) is 5.00. The van der Waals surface area contributed by atoms with Crippen LogP contribution < -0.4 is 4.90 Å². The van der Waals surface area contributed by atoms with Crippen molar-refractivity contribution in [2.45, 2.75) is 0 Å². The highest BCUT2D eigenvalue weighted by Crippen LogP contribution is 2.20. The van der Waals surface area contributed by atoms with Crippen molar-refractivity contribution in [1.82, 2.24) is 4.98 Å². The van der Waals surface area contributed by atoms with Gasteiger partial charge in [-0.2, -0.15) is 0 Å². The molecule has 0 aliphatic rings. The van der Waals surface area contributed by atoms with Gasteiger partial charge in [0.25, 0.3) is 5.91 Å². The molecule has 0 N–H and O–H groups in total. The number of amides is 1. The van der Waals surface area contributed by atoms with Crippen molar-refractivity contribution >= 4 is 23.3 Å². The van der Waals surface area contributed by atoms with E-state index >= 15 is 0 Å². The van der Waals surface area contributed by atoms with Crippen molar-refractivity contribution in [2.75, 3.05) is 11.9 Å². The maximum absolute atomic E-state index is 12.0. The topological polar surface area (TPSA) is 46.3 Å². The Kier molecular flexibility index (Phi) is 2.92. The molecule has 0 bridgehead atoms. The zero-order valence-corrected chi connectivity index (χ0v) is 9.31. The summed E-state index contributed by atoms with van der Waals surface area (Å²) < 4.78 is 4.87. The van der Waals surface area contributed by atoms with Crippen LogP contribution in [0.25, 0.3) is 0 Å². The third kappa shape index (κ3) is 1.92. The Hall–Kier alpha value is -1.81. The molecule has 0 radical (unpaired) electrons. The number of furan rings is 1. The van der Waals surface area contributed by atoms with Gasteiger partial charge in [0.2, 0.25) is 5.22 Å². The number of anilines is 1. The fourth-order valence-electron chi connectivity index (χ4n) is 1.28. The molecule has 0 aliphatic carbocycles. The molecule has 5 heteroatoms. The van der Waals surface area contributed by atoms with Gasteiger partial charge in [0.05, 0.1) is 11.8 Å². The van der Waals surface area contributed by atoms with Crippen molar-refractivity contribution < 1.29 is 9.21 Å². The minimum Gasteiger partial charge on any atom is -0.452 e. The van der Waals surface area contributed by atoms with Crippen LogP contribution in [0, 0.1) is 0 Å². The number of rotatable bonds is 2. The fourth-order valence-corrected chi connectivity index (χ4v) is 1.48. The lowest BCUT2D eigenvalue weighted by atomic mass is 10.3. The summed E-state index contributed by atoms with van der Waals surface area (Å²) in [6.07, 6.45) is 3.00. The lowest BCUT2D eigenvalue weighted by Crippen LogP contribution is -2.26. The van der Waals surface area contributed by atoms with E-state index in [2.05, 4.69) is 4.98 Å².